The van der Waals surface area contributed by atoms with E-state index in [1.165, 1.54) is 0 Å². The zero-order valence-electron chi connectivity index (χ0n) is 16.8. The van der Waals surface area contributed by atoms with Gasteiger partial charge in [-0.1, -0.05) is 41.4 Å². The molecule has 2 aromatic rings. The lowest BCUT2D eigenvalue weighted by molar-refractivity contribution is -0.147. The molecular weight excluding hydrogens is 438 g/mol. The summed E-state index contributed by atoms with van der Waals surface area (Å²) in [5.41, 5.74) is 1.37. The van der Waals surface area contributed by atoms with Gasteiger partial charge in [0.05, 0.1) is 24.4 Å². The molecule has 3 atom stereocenters. The van der Waals surface area contributed by atoms with Crippen LogP contribution in [-0.4, -0.2) is 44.9 Å². The third kappa shape index (κ3) is 4.23. The van der Waals surface area contributed by atoms with Crippen LogP contribution in [0.1, 0.15) is 37.8 Å². The number of aliphatic imine (C=N–C) groups is 1. The van der Waals surface area contributed by atoms with Gasteiger partial charge in [0.2, 0.25) is 5.91 Å². The Morgan fingerprint density at radius 3 is 2.90 bits per heavy atom. The molecular formula is C22H22ClN3O4S. The number of benzene rings is 1. The fraction of sp³-hybridized carbons (Fsp3) is 0.455. The largest absolute Gasteiger partial charge is 0.459 e. The Balaban J connectivity index is 1.18. The van der Waals surface area contributed by atoms with E-state index in [1.807, 2.05) is 12.1 Å². The minimum Gasteiger partial charge on any atom is -0.459 e. The maximum Gasteiger partial charge on any atom is 0.308 e. The van der Waals surface area contributed by atoms with Gasteiger partial charge in [0.15, 0.2) is 10.9 Å². The molecule has 3 unspecified atom stereocenters. The van der Waals surface area contributed by atoms with Crippen LogP contribution in [0.4, 0.5) is 0 Å². The quantitative estimate of drug-likeness (QED) is 0.619. The molecule has 3 aliphatic rings. The van der Waals surface area contributed by atoms with Gasteiger partial charge in [0.1, 0.15) is 12.3 Å². The van der Waals surface area contributed by atoms with Crippen molar-refractivity contribution in [3.63, 3.8) is 0 Å². The van der Waals surface area contributed by atoms with Crippen molar-refractivity contribution in [2.24, 2.45) is 10.9 Å². The van der Waals surface area contributed by atoms with Crippen molar-refractivity contribution in [1.82, 2.24) is 10.1 Å². The van der Waals surface area contributed by atoms with E-state index in [0.717, 1.165) is 36.4 Å². The summed E-state index contributed by atoms with van der Waals surface area (Å²) in [4.78, 5) is 32.0. The molecule has 9 heteroatoms. The fourth-order valence-electron chi connectivity index (χ4n) is 4.41. The van der Waals surface area contributed by atoms with Gasteiger partial charge in [-0.15, -0.1) is 0 Å². The second-order valence-corrected chi connectivity index (χ2v) is 9.52. The number of thioether (sulfide) groups is 1. The minimum atomic E-state index is -0.360. The van der Waals surface area contributed by atoms with Crippen LogP contribution in [0.5, 0.6) is 0 Å². The molecule has 7 nitrogen and oxygen atoms in total. The number of amides is 1. The van der Waals surface area contributed by atoms with E-state index in [-0.39, 0.29) is 42.9 Å². The van der Waals surface area contributed by atoms with Crippen molar-refractivity contribution in [1.29, 1.82) is 0 Å². The third-order valence-corrected chi connectivity index (χ3v) is 7.37. The summed E-state index contributed by atoms with van der Waals surface area (Å²) in [5.74, 6) is 0.986. The summed E-state index contributed by atoms with van der Waals surface area (Å²) in [6.45, 7) is 0.0232. The molecule has 5 rings (SSSR count). The van der Waals surface area contributed by atoms with Crippen LogP contribution in [0, 0.1) is 5.92 Å². The molecule has 0 spiro atoms. The van der Waals surface area contributed by atoms with E-state index in [0.29, 0.717) is 22.2 Å². The van der Waals surface area contributed by atoms with Gasteiger partial charge in [-0.2, -0.15) is 0 Å². The highest BCUT2D eigenvalue weighted by molar-refractivity contribution is 8.14. The predicted molar refractivity (Wildman–Crippen MR) is 118 cm³/mol. The zero-order chi connectivity index (χ0) is 21.4. The molecule has 0 N–H and O–H groups in total. The van der Waals surface area contributed by atoms with Crippen LogP contribution in [0.25, 0.3) is 11.3 Å². The first-order valence-corrected chi connectivity index (χ1v) is 11.9. The summed E-state index contributed by atoms with van der Waals surface area (Å²) in [6.07, 6.45) is 4.23. The standard InChI is InChI=1S/C22H22ClN3O4S/c23-14-7-5-13(6-8-14)19-9-15(25-30-19)11-29-20(27)10-16-12-31-22-24-18-4-2-1-3-17(18)21(28)26(16)22/h5-9,16-18H,1-4,10-12H2. The van der Waals surface area contributed by atoms with E-state index >= 15 is 0 Å². The highest BCUT2D eigenvalue weighted by Crippen LogP contribution is 2.38. The Morgan fingerprint density at radius 1 is 1.26 bits per heavy atom. The monoisotopic (exact) mass is 459 g/mol. The molecule has 1 aromatic carbocycles. The Labute approximate surface area is 189 Å². The van der Waals surface area contributed by atoms with Gasteiger partial charge in [0, 0.05) is 22.4 Å². The summed E-state index contributed by atoms with van der Waals surface area (Å²) < 4.78 is 10.7. The minimum absolute atomic E-state index is 0.0232. The average molecular weight is 460 g/mol. The summed E-state index contributed by atoms with van der Waals surface area (Å²) in [5, 5.41) is 5.38. The second kappa shape index (κ2) is 8.67. The average Bonchev–Trinajstić information content (AvgIpc) is 3.41. The Kier molecular flexibility index (Phi) is 5.75. The van der Waals surface area contributed by atoms with Crippen LogP contribution >= 0.6 is 23.4 Å². The van der Waals surface area contributed by atoms with E-state index in [4.69, 9.17) is 25.9 Å². The molecule has 162 valence electrons. The Hall–Kier alpha value is -2.32. The van der Waals surface area contributed by atoms with E-state index in [1.54, 1.807) is 34.9 Å². The molecule has 0 radical (unpaired) electrons. The number of nitrogens with zero attached hydrogens (tertiary/aromatic N) is 3. The molecule has 0 bridgehead atoms. The Bertz CT molecular complexity index is 1020. The van der Waals surface area contributed by atoms with Crippen molar-refractivity contribution >= 4 is 40.4 Å². The maximum absolute atomic E-state index is 13.0. The van der Waals surface area contributed by atoms with Gasteiger partial charge in [-0.25, -0.2) is 0 Å². The zero-order valence-corrected chi connectivity index (χ0v) is 18.4. The van der Waals surface area contributed by atoms with Crippen molar-refractivity contribution in [2.75, 3.05) is 5.75 Å². The number of carbonyl (C=O) groups is 2. The normalized spacial score (nSPS) is 25.1. The number of amidine groups is 1. The first-order valence-electron chi connectivity index (χ1n) is 10.5. The number of carbonyl (C=O) groups excluding carboxylic acids is 2. The lowest BCUT2D eigenvalue weighted by Crippen LogP contribution is -2.50. The summed E-state index contributed by atoms with van der Waals surface area (Å²) >= 11 is 7.47. The van der Waals surface area contributed by atoms with Crippen LogP contribution in [0.15, 0.2) is 39.8 Å². The van der Waals surface area contributed by atoms with Gasteiger partial charge in [-0.3, -0.25) is 19.5 Å². The molecule has 2 fully saturated rings. The van der Waals surface area contributed by atoms with Crippen LogP contribution in [0.3, 0.4) is 0 Å². The van der Waals surface area contributed by atoms with Gasteiger partial charge in [0.25, 0.3) is 0 Å². The molecule has 1 amide bonds. The number of fused-ring (bicyclic) bond motifs is 2. The molecule has 1 saturated carbocycles. The van der Waals surface area contributed by atoms with Crippen LogP contribution < -0.4 is 0 Å². The molecule has 3 heterocycles. The molecule has 1 saturated heterocycles. The van der Waals surface area contributed by atoms with E-state index < -0.39 is 0 Å². The molecule has 1 aliphatic carbocycles. The molecule has 1 aromatic heterocycles. The molecule has 31 heavy (non-hydrogen) atoms. The predicted octanol–water partition coefficient (Wildman–Crippen LogP) is 4.30. The lowest BCUT2D eigenvalue weighted by atomic mass is 9.83. The fourth-order valence-corrected chi connectivity index (χ4v) is 5.73. The number of aromatic nitrogens is 1. The van der Waals surface area contributed by atoms with Crippen molar-refractivity contribution in [2.45, 2.75) is 50.8 Å². The van der Waals surface area contributed by atoms with Crippen molar-refractivity contribution < 1.29 is 18.8 Å². The van der Waals surface area contributed by atoms with Gasteiger partial charge < -0.3 is 9.26 Å². The number of esters is 1. The number of ether oxygens (including phenoxy) is 1. The van der Waals surface area contributed by atoms with Gasteiger partial charge in [-0.05, 0) is 37.1 Å². The molecule has 2 aliphatic heterocycles. The first kappa shape index (κ1) is 20.6. The van der Waals surface area contributed by atoms with Crippen LogP contribution in [-0.2, 0) is 20.9 Å². The second-order valence-electron chi connectivity index (χ2n) is 8.10. The number of halogens is 1. The van der Waals surface area contributed by atoms with Crippen molar-refractivity contribution in [3.05, 3.63) is 41.0 Å². The van der Waals surface area contributed by atoms with E-state index in [9.17, 15) is 9.59 Å². The van der Waals surface area contributed by atoms with Crippen molar-refractivity contribution in [3.8, 4) is 11.3 Å². The number of rotatable bonds is 5. The maximum atomic E-state index is 13.0. The smallest absolute Gasteiger partial charge is 0.308 e. The Morgan fingerprint density at radius 2 is 2.06 bits per heavy atom. The van der Waals surface area contributed by atoms with E-state index in [2.05, 4.69) is 5.16 Å². The summed E-state index contributed by atoms with van der Waals surface area (Å²) in [6, 6.07) is 8.87. The number of hydrogen-bond donors (Lipinski definition) is 0. The highest BCUT2D eigenvalue weighted by Gasteiger charge is 2.46. The third-order valence-electron chi connectivity index (χ3n) is 6.01. The topological polar surface area (TPSA) is 85.0 Å². The van der Waals surface area contributed by atoms with Crippen LogP contribution in [0.2, 0.25) is 5.02 Å². The highest BCUT2D eigenvalue weighted by atomic mass is 35.5. The summed E-state index contributed by atoms with van der Waals surface area (Å²) in [7, 11) is 0. The SMILES string of the molecule is O=C(CC1CSC2=NC3CCCCC3C(=O)N21)OCc1cc(-c2ccc(Cl)cc2)on1. The van der Waals surface area contributed by atoms with Gasteiger partial charge >= 0.3 is 5.97 Å². The first-order chi connectivity index (χ1) is 15.1. The lowest BCUT2D eigenvalue weighted by Gasteiger charge is -2.37. The number of hydrogen-bond acceptors (Lipinski definition) is 7.